The van der Waals surface area contributed by atoms with Crippen molar-refractivity contribution in [2.24, 2.45) is 0 Å². The van der Waals surface area contributed by atoms with Gasteiger partial charge in [0.25, 0.3) is 0 Å². The number of nitrogens with zero attached hydrogens (tertiary/aromatic N) is 3. The highest BCUT2D eigenvalue weighted by molar-refractivity contribution is 7.98. The number of hydrogen-bond acceptors (Lipinski definition) is 8. The minimum absolute atomic E-state index is 0.738. The maximum absolute atomic E-state index is 5.47. The number of pyridine rings is 1. The standard InChI is InChI=1S/C29H28N4O2S2/c1-34-21-13-12-17(16-22(21)35-2)14-15-30-27-26-25(32-29(33-27)36-3)23-19-10-7-11-20(19)24(31-28(23)37-26)18-8-5-4-6-9-18/h4-6,8-9,12-13,16H,7,10-11,14-15H2,1-3H3,(H,30,32,33). The first-order valence-corrected chi connectivity index (χ1v) is 14.4. The van der Waals surface area contributed by atoms with Crippen LogP contribution in [-0.4, -0.2) is 42.0 Å². The molecule has 0 radical (unpaired) electrons. The van der Waals surface area contributed by atoms with Gasteiger partial charge in [0, 0.05) is 17.5 Å². The first-order valence-electron chi connectivity index (χ1n) is 12.4. The van der Waals surface area contributed by atoms with Gasteiger partial charge in [-0.15, -0.1) is 11.3 Å². The smallest absolute Gasteiger partial charge is 0.189 e. The lowest BCUT2D eigenvalue weighted by Crippen LogP contribution is -2.07. The Balaban J connectivity index is 1.39. The molecule has 2 aromatic carbocycles. The number of nitrogens with one attached hydrogen (secondary N) is 1. The van der Waals surface area contributed by atoms with Gasteiger partial charge < -0.3 is 14.8 Å². The second-order valence-corrected chi connectivity index (χ2v) is 10.8. The minimum atomic E-state index is 0.738. The Morgan fingerprint density at radius 3 is 2.54 bits per heavy atom. The van der Waals surface area contributed by atoms with E-state index in [1.165, 1.54) is 27.6 Å². The highest BCUT2D eigenvalue weighted by atomic mass is 32.2. The summed E-state index contributed by atoms with van der Waals surface area (Å²) in [7, 11) is 3.32. The Morgan fingerprint density at radius 1 is 0.946 bits per heavy atom. The quantitative estimate of drug-likeness (QED) is 0.176. The molecule has 0 amide bonds. The molecule has 0 saturated heterocycles. The van der Waals surface area contributed by atoms with Crippen LogP contribution in [0.1, 0.15) is 23.1 Å². The van der Waals surface area contributed by atoms with Crippen molar-refractivity contribution in [3.63, 3.8) is 0 Å². The number of hydrogen-bond donors (Lipinski definition) is 1. The molecule has 6 nitrogen and oxygen atoms in total. The largest absolute Gasteiger partial charge is 0.493 e. The first kappa shape index (κ1) is 24.0. The molecule has 1 N–H and O–H groups in total. The molecule has 3 heterocycles. The molecule has 0 atom stereocenters. The van der Waals surface area contributed by atoms with E-state index in [4.69, 9.17) is 24.4 Å². The van der Waals surface area contributed by atoms with Gasteiger partial charge >= 0.3 is 0 Å². The molecule has 5 aromatic rings. The zero-order chi connectivity index (χ0) is 25.4. The topological polar surface area (TPSA) is 69.2 Å². The van der Waals surface area contributed by atoms with Crippen LogP contribution in [0.15, 0.2) is 53.7 Å². The van der Waals surface area contributed by atoms with Crippen molar-refractivity contribution in [1.29, 1.82) is 0 Å². The third kappa shape index (κ3) is 4.38. The van der Waals surface area contributed by atoms with Crippen LogP contribution in [0.3, 0.4) is 0 Å². The average molecular weight is 529 g/mol. The third-order valence-corrected chi connectivity index (χ3v) is 8.52. The van der Waals surface area contributed by atoms with Gasteiger partial charge in [0.2, 0.25) is 0 Å². The number of anilines is 1. The van der Waals surface area contributed by atoms with Crippen molar-refractivity contribution in [1.82, 2.24) is 15.0 Å². The molecule has 1 aliphatic carbocycles. The lowest BCUT2D eigenvalue weighted by Gasteiger charge is -2.11. The normalized spacial score (nSPS) is 12.7. The van der Waals surface area contributed by atoms with E-state index in [1.807, 2.05) is 18.4 Å². The van der Waals surface area contributed by atoms with Crippen LogP contribution >= 0.6 is 23.1 Å². The van der Waals surface area contributed by atoms with E-state index in [2.05, 4.69) is 41.7 Å². The van der Waals surface area contributed by atoms with Crippen LogP contribution in [0, 0.1) is 0 Å². The van der Waals surface area contributed by atoms with Crippen molar-refractivity contribution < 1.29 is 9.47 Å². The van der Waals surface area contributed by atoms with Crippen molar-refractivity contribution in [2.45, 2.75) is 30.8 Å². The second-order valence-electron chi connectivity index (χ2n) is 9.02. The summed E-state index contributed by atoms with van der Waals surface area (Å²) >= 11 is 3.27. The molecule has 0 unspecified atom stereocenters. The molecule has 0 fully saturated rings. The molecule has 0 saturated carbocycles. The lowest BCUT2D eigenvalue weighted by molar-refractivity contribution is 0.354. The summed E-state index contributed by atoms with van der Waals surface area (Å²) in [5, 5.41) is 5.59. The van der Waals surface area contributed by atoms with Crippen molar-refractivity contribution in [3.05, 3.63) is 65.2 Å². The van der Waals surface area contributed by atoms with E-state index in [0.29, 0.717) is 0 Å². The van der Waals surface area contributed by atoms with E-state index in [0.717, 1.165) is 75.4 Å². The Kier molecular flexibility index (Phi) is 6.61. The number of thiophene rings is 1. The van der Waals surface area contributed by atoms with Gasteiger partial charge in [-0.05, 0) is 60.8 Å². The molecule has 37 heavy (non-hydrogen) atoms. The van der Waals surface area contributed by atoms with Crippen LogP contribution in [0.5, 0.6) is 11.5 Å². The number of aromatic nitrogens is 3. The Bertz CT molecular complexity index is 1600. The summed E-state index contributed by atoms with van der Waals surface area (Å²) in [6, 6.07) is 16.6. The maximum Gasteiger partial charge on any atom is 0.189 e. The molecular formula is C29H28N4O2S2. The predicted octanol–water partition coefficient (Wildman–Crippen LogP) is 6.79. The van der Waals surface area contributed by atoms with E-state index in [-0.39, 0.29) is 0 Å². The Labute approximate surface area is 224 Å². The van der Waals surface area contributed by atoms with E-state index in [1.54, 1.807) is 37.3 Å². The van der Waals surface area contributed by atoms with Crippen molar-refractivity contribution in [2.75, 3.05) is 32.3 Å². The zero-order valence-electron chi connectivity index (χ0n) is 21.1. The summed E-state index contributed by atoms with van der Waals surface area (Å²) in [5.41, 5.74) is 7.29. The van der Waals surface area contributed by atoms with Crippen LogP contribution in [0.25, 0.3) is 31.7 Å². The number of ether oxygens (including phenoxy) is 2. The molecule has 0 spiro atoms. The molecular weight excluding hydrogens is 500 g/mol. The number of benzene rings is 2. The molecule has 1 aliphatic rings. The average Bonchev–Trinajstić information content (AvgIpc) is 3.57. The Hall–Kier alpha value is -3.36. The van der Waals surface area contributed by atoms with Gasteiger partial charge in [0.15, 0.2) is 16.7 Å². The third-order valence-electron chi connectivity index (χ3n) is 6.90. The lowest BCUT2D eigenvalue weighted by atomic mass is 10.0. The molecule has 3 aromatic heterocycles. The van der Waals surface area contributed by atoms with Gasteiger partial charge in [0.05, 0.1) is 30.1 Å². The van der Waals surface area contributed by atoms with E-state index < -0.39 is 0 Å². The summed E-state index contributed by atoms with van der Waals surface area (Å²) in [5.74, 6) is 2.36. The second kappa shape index (κ2) is 10.2. The Morgan fingerprint density at radius 2 is 1.76 bits per heavy atom. The minimum Gasteiger partial charge on any atom is -0.493 e. The molecule has 6 rings (SSSR count). The summed E-state index contributed by atoms with van der Waals surface area (Å²) in [6.45, 7) is 0.741. The van der Waals surface area contributed by atoms with Gasteiger partial charge in [-0.2, -0.15) is 0 Å². The fourth-order valence-electron chi connectivity index (χ4n) is 5.15. The van der Waals surface area contributed by atoms with Crippen LogP contribution in [0.2, 0.25) is 0 Å². The van der Waals surface area contributed by atoms with Gasteiger partial charge in [-0.1, -0.05) is 48.2 Å². The van der Waals surface area contributed by atoms with Crippen molar-refractivity contribution >= 4 is 49.3 Å². The number of methoxy groups -OCH3 is 2. The zero-order valence-corrected chi connectivity index (χ0v) is 22.8. The number of fused-ring (bicyclic) bond motifs is 5. The van der Waals surface area contributed by atoms with Crippen LogP contribution < -0.4 is 14.8 Å². The molecule has 188 valence electrons. The fourth-order valence-corrected chi connectivity index (χ4v) is 6.63. The number of thioether (sulfide) groups is 1. The monoisotopic (exact) mass is 528 g/mol. The highest BCUT2D eigenvalue weighted by Gasteiger charge is 2.25. The number of aryl methyl sites for hydroxylation is 1. The van der Waals surface area contributed by atoms with Crippen molar-refractivity contribution in [3.8, 4) is 22.8 Å². The molecule has 0 aliphatic heterocycles. The molecule has 0 bridgehead atoms. The maximum atomic E-state index is 5.47. The predicted molar refractivity (Wildman–Crippen MR) is 154 cm³/mol. The van der Waals surface area contributed by atoms with Gasteiger partial charge in [0.1, 0.15) is 10.6 Å². The number of rotatable bonds is 8. The fraction of sp³-hybridized carbons (Fsp3) is 0.276. The molecule has 8 heteroatoms. The summed E-state index contributed by atoms with van der Waals surface area (Å²) < 4.78 is 11.9. The van der Waals surface area contributed by atoms with Crippen LogP contribution in [0.4, 0.5) is 5.82 Å². The van der Waals surface area contributed by atoms with Crippen LogP contribution in [-0.2, 0) is 19.3 Å². The van der Waals surface area contributed by atoms with E-state index >= 15 is 0 Å². The van der Waals surface area contributed by atoms with Gasteiger partial charge in [-0.3, -0.25) is 0 Å². The highest BCUT2D eigenvalue weighted by Crippen LogP contribution is 2.44. The van der Waals surface area contributed by atoms with E-state index in [9.17, 15) is 0 Å². The summed E-state index contributed by atoms with van der Waals surface area (Å²) in [6.07, 6.45) is 6.15. The van der Waals surface area contributed by atoms with Gasteiger partial charge in [-0.25, -0.2) is 15.0 Å². The SMILES string of the molecule is COc1ccc(CCNc2nc(SC)nc3c2sc2nc(-c4ccccc4)c4c(c23)CCC4)cc1OC. The first-order chi connectivity index (χ1) is 18.2. The summed E-state index contributed by atoms with van der Waals surface area (Å²) in [4.78, 5) is 16.1.